The van der Waals surface area contributed by atoms with Gasteiger partial charge in [-0.3, -0.25) is 4.90 Å². The Labute approximate surface area is 140 Å². The zero-order valence-electron chi connectivity index (χ0n) is 14.8. The topological polar surface area (TPSA) is 69.7 Å². The van der Waals surface area contributed by atoms with Crippen LogP contribution in [0.15, 0.2) is 0 Å². The number of carbonyl (C=O) groups is 1. The second kappa shape index (κ2) is 6.97. The van der Waals surface area contributed by atoms with E-state index < -0.39 is 9.84 Å². The van der Waals surface area contributed by atoms with E-state index in [1.807, 2.05) is 0 Å². The molecule has 0 aromatic rings. The molecule has 2 unspecified atom stereocenters. The standard InChI is InChI=1S/C16H31N3O3S/c1-13-9-14(2)11-19(10-13)16(3,4)12-17-15(20)18-5-7-23(21,22)8-6-18/h13-14H,5-12H2,1-4H3,(H,17,20). The summed E-state index contributed by atoms with van der Waals surface area (Å²) in [7, 11) is -2.95. The molecule has 0 bridgehead atoms. The Hall–Kier alpha value is -0.820. The number of amides is 2. The third-order valence-corrected chi connectivity index (χ3v) is 6.64. The highest BCUT2D eigenvalue weighted by Gasteiger charge is 2.33. The maximum Gasteiger partial charge on any atom is 0.317 e. The van der Waals surface area contributed by atoms with Gasteiger partial charge in [-0.05, 0) is 32.1 Å². The van der Waals surface area contributed by atoms with E-state index in [9.17, 15) is 13.2 Å². The molecule has 134 valence electrons. The summed E-state index contributed by atoms with van der Waals surface area (Å²) in [6.07, 6.45) is 1.27. The maximum atomic E-state index is 12.3. The number of hydrogen-bond donors (Lipinski definition) is 1. The molecule has 23 heavy (non-hydrogen) atoms. The molecule has 2 aliphatic heterocycles. The fraction of sp³-hybridized carbons (Fsp3) is 0.938. The molecule has 2 aliphatic rings. The third kappa shape index (κ3) is 5.08. The summed E-state index contributed by atoms with van der Waals surface area (Å²) in [4.78, 5) is 16.3. The summed E-state index contributed by atoms with van der Waals surface area (Å²) in [5, 5.41) is 3.00. The van der Waals surface area contributed by atoms with Crippen LogP contribution in [0.5, 0.6) is 0 Å². The molecule has 0 aliphatic carbocycles. The summed E-state index contributed by atoms with van der Waals surface area (Å²) >= 11 is 0. The van der Waals surface area contributed by atoms with Crippen LogP contribution in [-0.2, 0) is 9.84 Å². The molecule has 0 aromatic heterocycles. The van der Waals surface area contributed by atoms with Gasteiger partial charge in [0.25, 0.3) is 0 Å². The zero-order valence-corrected chi connectivity index (χ0v) is 15.7. The molecular formula is C16H31N3O3S. The number of piperidine rings is 1. The van der Waals surface area contributed by atoms with Crippen LogP contribution in [-0.4, -0.2) is 74.0 Å². The number of likely N-dealkylation sites (tertiary alicyclic amines) is 1. The van der Waals surface area contributed by atoms with Crippen LogP contribution in [0.2, 0.25) is 0 Å². The van der Waals surface area contributed by atoms with Crippen LogP contribution in [0.3, 0.4) is 0 Å². The lowest BCUT2D eigenvalue weighted by molar-refractivity contribution is 0.0464. The second-order valence-corrected chi connectivity index (χ2v) is 10.3. The SMILES string of the molecule is CC1CC(C)CN(C(C)(C)CNC(=O)N2CCS(=O)(=O)CC2)C1. The van der Waals surface area contributed by atoms with E-state index in [0.717, 1.165) is 13.1 Å². The highest BCUT2D eigenvalue weighted by atomic mass is 32.2. The number of nitrogens with zero attached hydrogens (tertiary/aromatic N) is 2. The fourth-order valence-electron chi connectivity index (χ4n) is 3.59. The van der Waals surface area contributed by atoms with E-state index >= 15 is 0 Å². The number of rotatable bonds is 3. The molecule has 2 saturated heterocycles. The van der Waals surface area contributed by atoms with Crippen molar-refractivity contribution >= 4 is 15.9 Å². The summed E-state index contributed by atoms with van der Waals surface area (Å²) < 4.78 is 22.9. The van der Waals surface area contributed by atoms with Crippen molar-refractivity contribution in [2.24, 2.45) is 11.8 Å². The van der Waals surface area contributed by atoms with E-state index in [4.69, 9.17) is 0 Å². The predicted octanol–water partition coefficient (Wildman–Crippen LogP) is 1.18. The van der Waals surface area contributed by atoms with Crippen LogP contribution in [0.1, 0.15) is 34.1 Å². The minimum absolute atomic E-state index is 0.0744. The lowest BCUT2D eigenvalue weighted by atomic mass is 9.88. The van der Waals surface area contributed by atoms with Crippen molar-refractivity contribution in [3.63, 3.8) is 0 Å². The van der Waals surface area contributed by atoms with Crippen LogP contribution in [0, 0.1) is 11.8 Å². The average molecular weight is 346 g/mol. The molecule has 7 heteroatoms. The Morgan fingerprint density at radius 2 is 1.65 bits per heavy atom. The van der Waals surface area contributed by atoms with Gasteiger partial charge in [-0.25, -0.2) is 13.2 Å². The van der Waals surface area contributed by atoms with Crippen molar-refractivity contribution in [2.75, 3.05) is 44.2 Å². The van der Waals surface area contributed by atoms with Crippen molar-refractivity contribution in [1.29, 1.82) is 0 Å². The minimum Gasteiger partial charge on any atom is -0.336 e. The molecule has 0 aromatic carbocycles. The van der Waals surface area contributed by atoms with Crippen LogP contribution in [0.25, 0.3) is 0 Å². The molecular weight excluding hydrogens is 314 g/mol. The Balaban J connectivity index is 1.85. The van der Waals surface area contributed by atoms with Gasteiger partial charge < -0.3 is 10.2 Å². The maximum absolute atomic E-state index is 12.3. The van der Waals surface area contributed by atoms with Crippen molar-refractivity contribution in [1.82, 2.24) is 15.1 Å². The van der Waals surface area contributed by atoms with E-state index in [1.165, 1.54) is 6.42 Å². The van der Waals surface area contributed by atoms with Crippen LogP contribution < -0.4 is 5.32 Å². The molecule has 2 atom stereocenters. The van der Waals surface area contributed by atoms with E-state index in [0.29, 0.717) is 31.5 Å². The third-order valence-electron chi connectivity index (χ3n) is 5.03. The summed E-state index contributed by atoms with van der Waals surface area (Å²) in [6.45, 7) is 12.2. The first kappa shape index (κ1) is 18.5. The van der Waals surface area contributed by atoms with Gasteiger partial charge in [-0.15, -0.1) is 0 Å². The van der Waals surface area contributed by atoms with Crippen molar-refractivity contribution < 1.29 is 13.2 Å². The van der Waals surface area contributed by atoms with Gasteiger partial charge >= 0.3 is 6.03 Å². The Bertz CT molecular complexity index is 509. The second-order valence-electron chi connectivity index (χ2n) is 7.96. The number of sulfone groups is 1. The molecule has 0 radical (unpaired) electrons. The lowest BCUT2D eigenvalue weighted by Crippen LogP contribution is -2.58. The van der Waals surface area contributed by atoms with Gasteiger partial charge in [-0.1, -0.05) is 13.8 Å². The minimum atomic E-state index is -2.95. The first-order chi connectivity index (χ1) is 10.6. The molecule has 6 nitrogen and oxygen atoms in total. The van der Waals surface area contributed by atoms with E-state index in [1.54, 1.807) is 4.90 Å². The number of hydrogen-bond acceptors (Lipinski definition) is 4. The normalized spacial score (nSPS) is 29.3. The Kier molecular flexibility index (Phi) is 5.61. The molecule has 0 spiro atoms. The smallest absolute Gasteiger partial charge is 0.317 e. The molecule has 2 heterocycles. The number of carbonyl (C=O) groups excluding carboxylic acids is 1. The van der Waals surface area contributed by atoms with Gasteiger partial charge in [0, 0.05) is 38.3 Å². The van der Waals surface area contributed by atoms with Crippen molar-refractivity contribution in [3.8, 4) is 0 Å². The van der Waals surface area contributed by atoms with Crippen LogP contribution in [0.4, 0.5) is 4.79 Å². The van der Waals surface area contributed by atoms with Crippen molar-refractivity contribution in [2.45, 2.75) is 39.7 Å². The van der Waals surface area contributed by atoms with Gasteiger partial charge in [0.15, 0.2) is 9.84 Å². The quantitative estimate of drug-likeness (QED) is 0.834. The van der Waals surface area contributed by atoms with Crippen molar-refractivity contribution in [3.05, 3.63) is 0 Å². The average Bonchev–Trinajstić information content (AvgIpc) is 2.44. The summed E-state index contributed by atoms with van der Waals surface area (Å²) in [5.41, 5.74) is -0.0968. The summed E-state index contributed by atoms with van der Waals surface area (Å²) in [6, 6.07) is -0.147. The Morgan fingerprint density at radius 1 is 1.13 bits per heavy atom. The monoisotopic (exact) mass is 345 g/mol. The van der Waals surface area contributed by atoms with E-state index in [-0.39, 0.29) is 23.1 Å². The van der Waals surface area contributed by atoms with Gasteiger partial charge in [0.05, 0.1) is 11.5 Å². The number of nitrogens with one attached hydrogen (secondary N) is 1. The molecule has 2 amide bonds. The van der Waals surface area contributed by atoms with Gasteiger partial charge in [0.1, 0.15) is 0 Å². The lowest BCUT2D eigenvalue weighted by Gasteiger charge is -2.45. The number of urea groups is 1. The zero-order chi connectivity index (χ0) is 17.3. The highest BCUT2D eigenvalue weighted by molar-refractivity contribution is 7.91. The molecule has 1 N–H and O–H groups in total. The first-order valence-corrected chi connectivity index (χ1v) is 10.4. The first-order valence-electron chi connectivity index (χ1n) is 8.57. The summed E-state index contributed by atoms with van der Waals surface area (Å²) in [5.74, 6) is 1.51. The largest absolute Gasteiger partial charge is 0.336 e. The molecule has 2 rings (SSSR count). The Morgan fingerprint density at radius 3 is 2.17 bits per heavy atom. The van der Waals surface area contributed by atoms with Crippen LogP contribution >= 0.6 is 0 Å². The molecule has 0 saturated carbocycles. The molecule has 2 fully saturated rings. The highest BCUT2D eigenvalue weighted by Crippen LogP contribution is 2.26. The predicted molar refractivity (Wildman–Crippen MR) is 92.2 cm³/mol. The van der Waals surface area contributed by atoms with Gasteiger partial charge in [0.2, 0.25) is 0 Å². The fourth-order valence-corrected chi connectivity index (χ4v) is 4.79. The van der Waals surface area contributed by atoms with Gasteiger partial charge in [-0.2, -0.15) is 0 Å². The van der Waals surface area contributed by atoms with E-state index in [2.05, 4.69) is 37.9 Å².